The maximum absolute atomic E-state index is 12.5. The number of carbonyl (C=O) groups is 2. The zero-order chi connectivity index (χ0) is 20.4. The first-order chi connectivity index (χ1) is 14.0. The Balaban J connectivity index is 1.51. The minimum absolute atomic E-state index is 0.126. The van der Waals surface area contributed by atoms with Crippen LogP contribution in [0.4, 0.5) is 5.13 Å². The molecular weight excluding hydrogens is 414 g/mol. The van der Waals surface area contributed by atoms with E-state index in [-0.39, 0.29) is 5.69 Å². The zero-order valence-corrected chi connectivity index (χ0v) is 16.7. The van der Waals surface area contributed by atoms with Gasteiger partial charge in [0.05, 0.1) is 22.4 Å². The van der Waals surface area contributed by atoms with Gasteiger partial charge in [0.15, 0.2) is 16.6 Å². The molecule has 2 aromatic heterocycles. The van der Waals surface area contributed by atoms with Crippen molar-refractivity contribution in [1.82, 2.24) is 10.1 Å². The second-order valence-electron chi connectivity index (χ2n) is 5.96. The molecule has 0 saturated heterocycles. The summed E-state index contributed by atoms with van der Waals surface area (Å²) in [6.45, 7) is 2.05. The largest absolute Gasteiger partial charge is 0.462 e. The van der Waals surface area contributed by atoms with Gasteiger partial charge in [0, 0.05) is 16.7 Å². The molecular formula is C20H14ClN3O4S. The summed E-state index contributed by atoms with van der Waals surface area (Å²) in [6, 6.07) is 13.6. The second kappa shape index (κ2) is 8.02. The van der Waals surface area contributed by atoms with Gasteiger partial charge >= 0.3 is 5.97 Å². The maximum atomic E-state index is 12.5. The van der Waals surface area contributed by atoms with Crippen LogP contribution in [0.2, 0.25) is 5.02 Å². The number of esters is 1. The summed E-state index contributed by atoms with van der Waals surface area (Å²) in [5.74, 6) is -0.389. The van der Waals surface area contributed by atoms with Crippen LogP contribution in [0.15, 0.2) is 53.1 Å². The van der Waals surface area contributed by atoms with E-state index in [4.69, 9.17) is 20.9 Å². The first-order valence-corrected chi connectivity index (χ1v) is 9.84. The van der Waals surface area contributed by atoms with Crippen LogP contribution in [0.25, 0.3) is 21.5 Å². The monoisotopic (exact) mass is 427 g/mol. The van der Waals surface area contributed by atoms with Crippen LogP contribution in [0.1, 0.15) is 27.8 Å². The Hall–Kier alpha value is -3.23. The molecule has 0 spiro atoms. The van der Waals surface area contributed by atoms with Crippen LogP contribution in [0.5, 0.6) is 0 Å². The van der Waals surface area contributed by atoms with Gasteiger partial charge < -0.3 is 9.26 Å². The Morgan fingerprint density at radius 3 is 2.72 bits per heavy atom. The summed E-state index contributed by atoms with van der Waals surface area (Å²) in [5, 5.41) is 7.52. The van der Waals surface area contributed by atoms with Gasteiger partial charge in [-0.15, -0.1) is 0 Å². The third kappa shape index (κ3) is 4.13. The number of amides is 1. The first kappa shape index (κ1) is 19.1. The van der Waals surface area contributed by atoms with Gasteiger partial charge in [0.2, 0.25) is 0 Å². The second-order valence-corrected chi connectivity index (χ2v) is 7.43. The van der Waals surface area contributed by atoms with Crippen molar-refractivity contribution in [1.29, 1.82) is 0 Å². The van der Waals surface area contributed by atoms with E-state index in [9.17, 15) is 9.59 Å². The number of hydrogen-bond acceptors (Lipinski definition) is 7. The SMILES string of the molecule is CCOC(=O)c1ccc2nc(NC(=O)c3cc(-c4ccc(Cl)cc4)on3)sc2c1. The van der Waals surface area contributed by atoms with E-state index < -0.39 is 11.9 Å². The number of nitrogens with one attached hydrogen (secondary N) is 1. The van der Waals surface area contributed by atoms with Crippen LogP contribution < -0.4 is 5.32 Å². The number of fused-ring (bicyclic) bond motifs is 1. The molecule has 146 valence electrons. The molecule has 0 atom stereocenters. The molecule has 0 aliphatic rings. The molecule has 7 nitrogen and oxygen atoms in total. The van der Waals surface area contributed by atoms with Crippen LogP contribution in [-0.2, 0) is 4.74 Å². The van der Waals surface area contributed by atoms with Crippen molar-refractivity contribution < 1.29 is 18.8 Å². The number of carbonyl (C=O) groups excluding carboxylic acids is 2. The molecule has 1 N–H and O–H groups in total. The fourth-order valence-corrected chi connectivity index (χ4v) is 3.64. The van der Waals surface area contributed by atoms with E-state index in [0.29, 0.717) is 33.6 Å². The van der Waals surface area contributed by atoms with Gasteiger partial charge in [-0.05, 0) is 49.4 Å². The Morgan fingerprint density at radius 2 is 1.97 bits per heavy atom. The maximum Gasteiger partial charge on any atom is 0.338 e. The van der Waals surface area contributed by atoms with Gasteiger partial charge in [0.1, 0.15) is 0 Å². The third-order valence-corrected chi connectivity index (χ3v) is 5.18. The molecule has 0 fully saturated rings. The van der Waals surface area contributed by atoms with Gasteiger partial charge in [-0.1, -0.05) is 28.1 Å². The van der Waals surface area contributed by atoms with E-state index in [0.717, 1.165) is 10.3 Å². The number of hydrogen-bond donors (Lipinski definition) is 1. The number of halogens is 1. The van der Waals surface area contributed by atoms with E-state index in [2.05, 4.69) is 15.5 Å². The summed E-state index contributed by atoms with van der Waals surface area (Å²) < 4.78 is 11.0. The lowest BCUT2D eigenvalue weighted by Crippen LogP contribution is -2.11. The summed E-state index contributed by atoms with van der Waals surface area (Å²) in [4.78, 5) is 28.7. The number of ether oxygens (including phenoxy) is 1. The van der Waals surface area contributed by atoms with E-state index in [1.165, 1.54) is 11.3 Å². The predicted octanol–water partition coefficient (Wildman–Crippen LogP) is 5.03. The molecule has 1 amide bonds. The average Bonchev–Trinajstić information content (AvgIpc) is 3.35. The molecule has 0 bridgehead atoms. The number of rotatable bonds is 5. The van der Waals surface area contributed by atoms with Crippen LogP contribution in [-0.4, -0.2) is 28.6 Å². The smallest absolute Gasteiger partial charge is 0.338 e. The summed E-state index contributed by atoms with van der Waals surface area (Å²) in [5.41, 5.74) is 1.99. The van der Waals surface area contributed by atoms with Crippen molar-refractivity contribution in [2.75, 3.05) is 11.9 Å². The Kier molecular flexibility index (Phi) is 5.28. The Morgan fingerprint density at radius 1 is 1.17 bits per heavy atom. The molecule has 2 heterocycles. The summed E-state index contributed by atoms with van der Waals surface area (Å²) >= 11 is 7.13. The third-order valence-electron chi connectivity index (χ3n) is 3.99. The number of nitrogens with zero attached hydrogens (tertiary/aromatic N) is 2. The predicted molar refractivity (Wildman–Crippen MR) is 110 cm³/mol. The molecule has 2 aromatic carbocycles. The van der Waals surface area contributed by atoms with Crippen LogP contribution >= 0.6 is 22.9 Å². The minimum atomic E-state index is -0.446. The average molecular weight is 428 g/mol. The van der Waals surface area contributed by atoms with Crippen molar-refractivity contribution in [3.63, 3.8) is 0 Å². The van der Waals surface area contributed by atoms with Crippen LogP contribution in [0.3, 0.4) is 0 Å². The lowest BCUT2D eigenvalue weighted by molar-refractivity contribution is 0.0526. The number of thiazole rings is 1. The van der Waals surface area contributed by atoms with Crippen molar-refractivity contribution in [2.24, 2.45) is 0 Å². The fraction of sp³-hybridized carbons (Fsp3) is 0.100. The normalized spacial score (nSPS) is 10.8. The van der Waals surface area contributed by atoms with Crippen molar-refractivity contribution in [2.45, 2.75) is 6.92 Å². The molecule has 4 rings (SSSR count). The molecule has 0 radical (unpaired) electrons. The number of benzene rings is 2. The standard InChI is InChI=1S/C20H14ClN3O4S/c1-2-27-19(26)12-5-8-14-17(9-12)29-20(22-14)23-18(25)15-10-16(28-24-15)11-3-6-13(21)7-4-11/h3-10H,2H2,1H3,(H,22,23,25). The fourth-order valence-electron chi connectivity index (χ4n) is 2.61. The quantitative estimate of drug-likeness (QED) is 0.449. The number of aromatic nitrogens is 2. The highest BCUT2D eigenvalue weighted by molar-refractivity contribution is 7.22. The van der Waals surface area contributed by atoms with Gasteiger partial charge in [-0.25, -0.2) is 9.78 Å². The highest BCUT2D eigenvalue weighted by Gasteiger charge is 2.16. The molecule has 0 saturated carbocycles. The van der Waals surface area contributed by atoms with Crippen molar-refractivity contribution in [3.05, 3.63) is 64.8 Å². The van der Waals surface area contributed by atoms with E-state index in [1.54, 1.807) is 55.5 Å². The topological polar surface area (TPSA) is 94.3 Å². The molecule has 0 unspecified atom stereocenters. The zero-order valence-electron chi connectivity index (χ0n) is 15.1. The van der Waals surface area contributed by atoms with Crippen molar-refractivity contribution in [3.8, 4) is 11.3 Å². The molecule has 0 aliphatic carbocycles. The molecule has 0 aliphatic heterocycles. The van der Waals surface area contributed by atoms with Gasteiger partial charge in [0.25, 0.3) is 5.91 Å². The first-order valence-electron chi connectivity index (χ1n) is 8.65. The summed E-state index contributed by atoms with van der Waals surface area (Å²) in [6.07, 6.45) is 0. The lowest BCUT2D eigenvalue weighted by atomic mass is 10.1. The summed E-state index contributed by atoms with van der Waals surface area (Å²) in [7, 11) is 0. The highest BCUT2D eigenvalue weighted by atomic mass is 35.5. The highest BCUT2D eigenvalue weighted by Crippen LogP contribution is 2.28. The molecule has 29 heavy (non-hydrogen) atoms. The van der Waals surface area contributed by atoms with Gasteiger partial charge in [-0.3, -0.25) is 10.1 Å². The number of anilines is 1. The minimum Gasteiger partial charge on any atom is -0.462 e. The molecule has 9 heteroatoms. The Bertz CT molecular complexity index is 1200. The van der Waals surface area contributed by atoms with Gasteiger partial charge in [-0.2, -0.15) is 0 Å². The van der Waals surface area contributed by atoms with Crippen molar-refractivity contribution >= 4 is 50.2 Å². The van der Waals surface area contributed by atoms with E-state index >= 15 is 0 Å². The van der Waals surface area contributed by atoms with Crippen LogP contribution in [0, 0.1) is 0 Å². The lowest BCUT2D eigenvalue weighted by Gasteiger charge is -2.00. The van der Waals surface area contributed by atoms with E-state index in [1.807, 2.05) is 0 Å². The Labute approximate surface area is 174 Å². The molecule has 4 aromatic rings.